The first kappa shape index (κ1) is 17.4. The molecule has 1 heterocycles. The van der Waals surface area contributed by atoms with E-state index in [1.165, 1.54) is 0 Å². The van der Waals surface area contributed by atoms with E-state index < -0.39 is 0 Å². The standard InChI is InChI=1S/C15H29NO4/c1-4-18-8-5-6-15(17)20-12-14-11-16(7-9-19-14)10-13(2)3/h13-14H,4-12H2,1-3H3. The number of carbonyl (C=O) groups excluding carboxylic acids is 1. The highest BCUT2D eigenvalue weighted by Crippen LogP contribution is 2.09. The van der Waals surface area contributed by atoms with Gasteiger partial charge in [-0.1, -0.05) is 13.8 Å². The largest absolute Gasteiger partial charge is 0.463 e. The Labute approximate surface area is 122 Å². The topological polar surface area (TPSA) is 48.0 Å². The number of nitrogens with zero attached hydrogens (tertiary/aromatic N) is 1. The molecule has 5 heteroatoms. The van der Waals surface area contributed by atoms with Gasteiger partial charge in [-0.3, -0.25) is 9.69 Å². The van der Waals surface area contributed by atoms with Gasteiger partial charge in [0.05, 0.1) is 6.61 Å². The molecule has 0 amide bonds. The number of carbonyl (C=O) groups is 1. The molecule has 0 radical (unpaired) electrons. The van der Waals surface area contributed by atoms with E-state index in [1.807, 2.05) is 6.92 Å². The predicted molar refractivity (Wildman–Crippen MR) is 77.7 cm³/mol. The Hall–Kier alpha value is -0.650. The van der Waals surface area contributed by atoms with Crippen molar-refractivity contribution in [3.63, 3.8) is 0 Å². The molecule has 0 aliphatic carbocycles. The van der Waals surface area contributed by atoms with Crippen molar-refractivity contribution < 1.29 is 19.0 Å². The number of esters is 1. The van der Waals surface area contributed by atoms with E-state index in [-0.39, 0.29) is 12.1 Å². The van der Waals surface area contributed by atoms with Crippen molar-refractivity contribution in [1.82, 2.24) is 4.90 Å². The van der Waals surface area contributed by atoms with Crippen LogP contribution < -0.4 is 0 Å². The van der Waals surface area contributed by atoms with Gasteiger partial charge in [-0.15, -0.1) is 0 Å². The molecule has 0 spiro atoms. The lowest BCUT2D eigenvalue weighted by atomic mass is 10.2. The third-order valence-electron chi connectivity index (χ3n) is 3.15. The van der Waals surface area contributed by atoms with Crippen LogP contribution in [0.4, 0.5) is 0 Å². The zero-order valence-electron chi connectivity index (χ0n) is 13.1. The van der Waals surface area contributed by atoms with Gasteiger partial charge in [0.2, 0.25) is 0 Å². The van der Waals surface area contributed by atoms with Crippen LogP contribution in [0.1, 0.15) is 33.6 Å². The monoisotopic (exact) mass is 287 g/mol. The summed E-state index contributed by atoms with van der Waals surface area (Å²) in [5.74, 6) is 0.490. The maximum absolute atomic E-state index is 11.6. The molecule has 0 N–H and O–H groups in total. The minimum Gasteiger partial charge on any atom is -0.463 e. The van der Waals surface area contributed by atoms with Crippen LogP contribution in [0, 0.1) is 5.92 Å². The van der Waals surface area contributed by atoms with Crippen molar-refractivity contribution in [3.8, 4) is 0 Å². The lowest BCUT2D eigenvalue weighted by Crippen LogP contribution is -2.45. The number of ether oxygens (including phenoxy) is 3. The highest BCUT2D eigenvalue weighted by atomic mass is 16.6. The smallest absolute Gasteiger partial charge is 0.305 e. The van der Waals surface area contributed by atoms with Crippen molar-refractivity contribution in [2.75, 3.05) is 46.1 Å². The van der Waals surface area contributed by atoms with Crippen molar-refractivity contribution in [2.24, 2.45) is 5.92 Å². The summed E-state index contributed by atoms with van der Waals surface area (Å²) < 4.78 is 16.1. The Morgan fingerprint density at radius 1 is 1.45 bits per heavy atom. The molecule has 1 unspecified atom stereocenters. The molecule has 0 aromatic carbocycles. The fraction of sp³-hybridized carbons (Fsp3) is 0.933. The third-order valence-corrected chi connectivity index (χ3v) is 3.15. The van der Waals surface area contributed by atoms with E-state index in [1.54, 1.807) is 0 Å². The van der Waals surface area contributed by atoms with Crippen molar-refractivity contribution in [2.45, 2.75) is 39.7 Å². The van der Waals surface area contributed by atoms with Crippen LogP contribution in [0.15, 0.2) is 0 Å². The summed E-state index contributed by atoms with van der Waals surface area (Å²) in [5, 5.41) is 0. The van der Waals surface area contributed by atoms with E-state index in [0.29, 0.717) is 32.2 Å². The van der Waals surface area contributed by atoms with Gasteiger partial charge in [0, 0.05) is 39.3 Å². The Morgan fingerprint density at radius 2 is 2.25 bits per heavy atom. The summed E-state index contributed by atoms with van der Waals surface area (Å²) >= 11 is 0. The van der Waals surface area contributed by atoms with Gasteiger partial charge < -0.3 is 14.2 Å². The van der Waals surface area contributed by atoms with Crippen molar-refractivity contribution in [1.29, 1.82) is 0 Å². The van der Waals surface area contributed by atoms with E-state index in [2.05, 4.69) is 18.7 Å². The van der Waals surface area contributed by atoms with Crippen molar-refractivity contribution >= 4 is 5.97 Å². The second kappa shape index (κ2) is 10.1. The maximum atomic E-state index is 11.6. The van der Waals surface area contributed by atoms with Gasteiger partial charge in [-0.05, 0) is 19.3 Å². The highest BCUT2D eigenvalue weighted by molar-refractivity contribution is 5.69. The number of hydrogen-bond donors (Lipinski definition) is 0. The van der Waals surface area contributed by atoms with Crippen LogP contribution in [-0.4, -0.2) is 63.0 Å². The quantitative estimate of drug-likeness (QED) is 0.477. The molecule has 118 valence electrons. The summed E-state index contributed by atoms with van der Waals surface area (Å²) in [5.41, 5.74) is 0. The zero-order chi connectivity index (χ0) is 14.8. The molecule has 0 bridgehead atoms. The van der Waals surface area contributed by atoms with Crippen molar-refractivity contribution in [3.05, 3.63) is 0 Å². The van der Waals surface area contributed by atoms with Gasteiger partial charge in [0.15, 0.2) is 0 Å². The van der Waals surface area contributed by atoms with E-state index in [9.17, 15) is 4.79 Å². The SMILES string of the molecule is CCOCCCC(=O)OCC1CN(CC(C)C)CCO1. The zero-order valence-corrected chi connectivity index (χ0v) is 13.1. The van der Waals surface area contributed by atoms with Crippen LogP contribution in [0.5, 0.6) is 0 Å². The Kier molecular flexibility index (Phi) is 8.82. The van der Waals surface area contributed by atoms with Crippen LogP contribution >= 0.6 is 0 Å². The molecule has 0 aromatic rings. The number of rotatable bonds is 9. The summed E-state index contributed by atoms with van der Waals surface area (Å²) in [6.45, 7) is 11.7. The molecule has 0 aromatic heterocycles. The van der Waals surface area contributed by atoms with Crippen LogP contribution in [-0.2, 0) is 19.0 Å². The molecule has 1 aliphatic rings. The molecule has 20 heavy (non-hydrogen) atoms. The fourth-order valence-corrected chi connectivity index (χ4v) is 2.28. The highest BCUT2D eigenvalue weighted by Gasteiger charge is 2.22. The molecule has 5 nitrogen and oxygen atoms in total. The van der Waals surface area contributed by atoms with Crippen LogP contribution in [0.3, 0.4) is 0 Å². The Morgan fingerprint density at radius 3 is 2.95 bits per heavy atom. The van der Waals surface area contributed by atoms with E-state index in [4.69, 9.17) is 14.2 Å². The minimum atomic E-state index is -0.158. The molecule has 1 rings (SSSR count). The summed E-state index contributed by atoms with van der Waals surface area (Å²) in [6, 6.07) is 0. The Bertz CT molecular complexity index is 271. The average molecular weight is 287 g/mol. The first-order valence-corrected chi connectivity index (χ1v) is 7.69. The summed E-state index contributed by atoms with van der Waals surface area (Å²) in [7, 11) is 0. The van der Waals surface area contributed by atoms with Crippen LogP contribution in [0.2, 0.25) is 0 Å². The molecular formula is C15H29NO4. The first-order chi connectivity index (χ1) is 9.61. The van der Waals surface area contributed by atoms with Crippen LogP contribution in [0.25, 0.3) is 0 Å². The molecule has 0 saturated carbocycles. The average Bonchev–Trinajstić information content (AvgIpc) is 2.41. The number of morpholine rings is 1. The maximum Gasteiger partial charge on any atom is 0.305 e. The summed E-state index contributed by atoms with van der Waals surface area (Å²) in [4.78, 5) is 13.9. The molecule has 1 fully saturated rings. The predicted octanol–water partition coefficient (Wildman–Crippen LogP) is 1.70. The van der Waals surface area contributed by atoms with E-state index >= 15 is 0 Å². The van der Waals surface area contributed by atoms with Gasteiger partial charge in [-0.2, -0.15) is 0 Å². The molecule has 1 saturated heterocycles. The lowest BCUT2D eigenvalue weighted by molar-refractivity contribution is -0.151. The Balaban J connectivity index is 2.12. The first-order valence-electron chi connectivity index (χ1n) is 7.69. The molecule has 1 aliphatic heterocycles. The number of hydrogen-bond acceptors (Lipinski definition) is 5. The normalized spacial score (nSPS) is 20.3. The lowest BCUT2D eigenvalue weighted by Gasteiger charge is -2.33. The van der Waals surface area contributed by atoms with Gasteiger partial charge in [0.25, 0.3) is 0 Å². The van der Waals surface area contributed by atoms with Gasteiger partial charge >= 0.3 is 5.97 Å². The fourth-order valence-electron chi connectivity index (χ4n) is 2.28. The second-order valence-electron chi connectivity index (χ2n) is 5.63. The van der Waals surface area contributed by atoms with Gasteiger partial charge in [0.1, 0.15) is 12.7 Å². The van der Waals surface area contributed by atoms with Gasteiger partial charge in [-0.25, -0.2) is 0 Å². The molecule has 1 atom stereocenters. The third kappa shape index (κ3) is 7.82. The summed E-state index contributed by atoms with van der Waals surface area (Å²) in [6.07, 6.45) is 1.15. The molecular weight excluding hydrogens is 258 g/mol. The minimum absolute atomic E-state index is 0.0124. The second-order valence-corrected chi connectivity index (χ2v) is 5.63. The van der Waals surface area contributed by atoms with E-state index in [0.717, 1.165) is 32.7 Å².